The van der Waals surface area contributed by atoms with Gasteiger partial charge in [-0.05, 0) is 39.1 Å². The Bertz CT molecular complexity index is 714. The number of nitro benzene ring substituents is 1. The summed E-state index contributed by atoms with van der Waals surface area (Å²) < 4.78 is 0. The first kappa shape index (κ1) is 17.1. The topological polar surface area (TPSA) is 75.5 Å². The molecule has 1 aromatic heterocycles. The number of nitrogens with one attached hydrogen (secondary N) is 1. The molecule has 0 aliphatic rings. The number of benzene rings is 1. The zero-order chi connectivity index (χ0) is 17.0. The lowest BCUT2D eigenvalue weighted by Crippen LogP contribution is -2.32. The number of carbonyl (C=O) groups excluding carboxylic acids is 1. The second-order valence-electron chi connectivity index (χ2n) is 5.36. The summed E-state index contributed by atoms with van der Waals surface area (Å²) >= 11 is 1.70. The van der Waals surface area contributed by atoms with Crippen LogP contribution in [0.2, 0.25) is 0 Å². The van der Waals surface area contributed by atoms with E-state index < -0.39 is 4.92 Å². The highest BCUT2D eigenvalue weighted by Crippen LogP contribution is 2.27. The molecule has 1 N–H and O–H groups in total. The molecule has 2 aromatic rings. The summed E-state index contributed by atoms with van der Waals surface area (Å²) in [5, 5.41) is 13.6. The highest BCUT2D eigenvalue weighted by molar-refractivity contribution is 7.12. The summed E-state index contributed by atoms with van der Waals surface area (Å²) in [7, 11) is 1.86. The Morgan fingerprint density at radius 2 is 2.04 bits per heavy atom. The minimum atomic E-state index is -0.504. The lowest BCUT2D eigenvalue weighted by Gasteiger charge is -2.23. The van der Waals surface area contributed by atoms with Crippen LogP contribution in [0.1, 0.15) is 22.7 Å². The van der Waals surface area contributed by atoms with Crippen LogP contribution in [-0.4, -0.2) is 29.3 Å². The minimum Gasteiger partial charge on any atom is -0.319 e. The van der Waals surface area contributed by atoms with E-state index in [1.54, 1.807) is 23.5 Å². The number of thiophene rings is 1. The van der Waals surface area contributed by atoms with Gasteiger partial charge in [0.1, 0.15) is 5.69 Å². The fourth-order valence-electron chi connectivity index (χ4n) is 2.19. The molecule has 0 bridgehead atoms. The van der Waals surface area contributed by atoms with Gasteiger partial charge in [-0.2, -0.15) is 0 Å². The lowest BCUT2D eigenvalue weighted by atomic mass is 10.2. The Labute approximate surface area is 138 Å². The van der Waals surface area contributed by atoms with E-state index in [4.69, 9.17) is 0 Å². The third-order valence-electron chi connectivity index (χ3n) is 3.60. The standard InChI is InChI=1S/C16H19N3O3S/c1-11-8-9-15(23-11)12(2)18(3)10-16(20)17-13-6-4-5-7-14(13)19(21)22/h4-9,12H,10H2,1-3H3,(H,17,20)/t12-/m0/s1. The third-order valence-corrected chi connectivity index (χ3v) is 4.77. The normalized spacial score (nSPS) is 12.2. The zero-order valence-electron chi connectivity index (χ0n) is 13.3. The van der Waals surface area contributed by atoms with Gasteiger partial charge in [0.2, 0.25) is 5.91 Å². The van der Waals surface area contributed by atoms with Gasteiger partial charge in [0.15, 0.2) is 0 Å². The van der Waals surface area contributed by atoms with Gasteiger partial charge in [-0.3, -0.25) is 19.8 Å². The van der Waals surface area contributed by atoms with Gasteiger partial charge in [0, 0.05) is 21.9 Å². The second kappa shape index (κ2) is 7.34. The van der Waals surface area contributed by atoms with E-state index in [0.717, 1.165) is 0 Å². The van der Waals surface area contributed by atoms with Crippen LogP contribution in [0, 0.1) is 17.0 Å². The summed E-state index contributed by atoms with van der Waals surface area (Å²) in [6, 6.07) is 10.3. The molecule has 0 unspecified atom stereocenters. The first-order valence-corrected chi connectivity index (χ1v) is 8.00. The van der Waals surface area contributed by atoms with Gasteiger partial charge in [-0.25, -0.2) is 0 Å². The molecule has 7 heteroatoms. The fourth-order valence-corrected chi connectivity index (χ4v) is 3.18. The van der Waals surface area contributed by atoms with Crippen molar-refractivity contribution in [2.75, 3.05) is 18.9 Å². The number of nitro groups is 1. The molecule has 0 saturated heterocycles. The largest absolute Gasteiger partial charge is 0.319 e. The van der Waals surface area contributed by atoms with Gasteiger partial charge in [-0.1, -0.05) is 12.1 Å². The maximum atomic E-state index is 12.2. The highest BCUT2D eigenvalue weighted by atomic mass is 32.1. The van der Waals surface area contributed by atoms with E-state index >= 15 is 0 Å². The molecule has 0 fully saturated rings. The van der Waals surface area contributed by atoms with Crippen LogP contribution in [0.15, 0.2) is 36.4 Å². The Balaban J connectivity index is 2.01. The average molecular weight is 333 g/mol. The molecule has 0 aliphatic heterocycles. The number of nitrogens with zero attached hydrogens (tertiary/aromatic N) is 2. The van der Waals surface area contributed by atoms with Crippen molar-refractivity contribution in [3.05, 3.63) is 56.3 Å². The van der Waals surface area contributed by atoms with Crippen molar-refractivity contribution in [1.29, 1.82) is 0 Å². The summed E-state index contributed by atoms with van der Waals surface area (Å²) in [5.41, 5.74) is 0.112. The number of likely N-dealkylation sites (N-methyl/N-ethyl adjacent to an activating group) is 1. The van der Waals surface area contributed by atoms with Crippen LogP contribution in [0.3, 0.4) is 0 Å². The summed E-state index contributed by atoms with van der Waals surface area (Å²) in [4.78, 5) is 27.0. The maximum absolute atomic E-state index is 12.2. The molecular weight excluding hydrogens is 314 g/mol. The molecule has 0 spiro atoms. The number of anilines is 1. The molecule has 0 radical (unpaired) electrons. The second-order valence-corrected chi connectivity index (χ2v) is 6.68. The molecule has 0 saturated carbocycles. The fraction of sp³-hybridized carbons (Fsp3) is 0.312. The summed E-state index contributed by atoms with van der Waals surface area (Å²) in [5.74, 6) is -0.276. The van der Waals surface area contributed by atoms with Gasteiger partial charge in [-0.15, -0.1) is 11.3 Å². The van der Waals surface area contributed by atoms with Crippen molar-refractivity contribution in [1.82, 2.24) is 4.90 Å². The first-order chi connectivity index (χ1) is 10.9. The van der Waals surface area contributed by atoms with Crippen LogP contribution in [0.4, 0.5) is 11.4 Å². The quantitative estimate of drug-likeness (QED) is 0.647. The third kappa shape index (κ3) is 4.37. The molecule has 122 valence electrons. The number of aryl methyl sites for hydroxylation is 1. The number of carbonyl (C=O) groups is 1. The van der Waals surface area contributed by atoms with Crippen LogP contribution in [-0.2, 0) is 4.79 Å². The van der Waals surface area contributed by atoms with E-state index in [-0.39, 0.29) is 29.9 Å². The number of para-hydroxylation sites is 2. The van der Waals surface area contributed by atoms with E-state index in [2.05, 4.69) is 17.4 Å². The van der Waals surface area contributed by atoms with E-state index in [0.29, 0.717) is 0 Å². The Morgan fingerprint density at radius 1 is 1.35 bits per heavy atom. The van der Waals surface area contributed by atoms with E-state index in [1.165, 1.54) is 21.9 Å². The molecule has 1 aromatic carbocycles. The molecule has 1 atom stereocenters. The first-order valence-electron chi connectivity index (χ1n) is 7.18. The van der Waals surface area contributed by atoms with Gasteiger partial charge >= 0.3 is 0 Å². The van der Waals surface area contributed by atoms with Crippen molar-refractivity contribution in [2.24, 2.45) is 0 Å². The highest BCUT2D eigenvalue weighted by Gasteiger charge is 2.19. The predicted molar refractivity (Wildman–Crippen MR) is 91.8 cm³/mol. The molecule has 1 heterocycles. The number of hydrogen-bond donors (Lipinski definition) is 1. The smallest absolute Gasteiger partial charge is 0.292 e. The van der Waals surface area contributed by atoms with Crippen LogP contribution in [0.25, 0.3) is 0 Å². The van der Waals surface area contributed by atoms with Crippen molar-refractivity contribution in [2.45, 2.75) is 19.9 Å². The van der Waals surface area contributed by atoms with Crippen molar-refractivity contribution in [3.8, 4) is 0 Å². The monoisotopic (exact) mass is 333 g/mol. The molecule has 0 aliphatic carbocycles. The Hall–Kier alpha value is -2.25. The van der Waals surface area contributed by atoms with Crippen LogP contribution < -0.4 is 5.32 Å². The van der Waals surface area contributed by atoms with Gasteiger partial charge in [0.25, 0.3) is 5.69 Å². The SMILES string of the molecule is Cc1ccc([C@H](C)N(C)CC(=O)Nc2ccccc2[N+](=O)[O-])s1. The van der Waals surface area contributed by atoms with Crippen molar-refractivity contribution < 1.29 is 9.72 Å². The molecular formula is C16H19N3O3S. The molecule has 6 nitrogen and oxygen atoms in total. The van der Waals surface area contributed by atoms with Gasteiger partial charge in [0.05, 0.1) is 11.5 Å². The van der Waals surface area contributed by atoms with Gasteiger partial charge < -0.3 is 5.32 Å². The van der Waals surface area contributed by atoms with Crippen molar-refractivity contribution in [3.63, 3.8) is 0 Å². The Kier molecular flexibility index (Phi) is 5.46. The summed E-state index contributed by atoms with van der Waals surface area (Å²) in [6.45, 7) is 4.23. The van der Waals surface area contributed by atoms with Crippen LogP contribution >= 0.6 is 11.3 Å². The van der Waals surface area contributed by atoms with Crippen molar-refractivity contribution >= 4 is 28.6 Å². The van der Waals surface area contributed by atoms with E-state index in [9.17, 15) is 14.9 Å². The molecule has 1 amide bonds. The lowest BCUT2D eigenvalue weighted by molar-refractivity contribution is -0.383. The predicted octanol–water partition coefficient (Wildman–Crippen LogP) is 3.60. The maximum Gasteiger partial charge on any atom is 0.292 e. The van der Waals surface area contributed by atoms with Crippen LogP contribution in [0.5, 0.6) is 0 Å². The summed E-state index contributed by atoms with van der Waals surface area (Å²) in [6.07, 6.45) is 0. The Morgan fingerprint density at radius 3 is 2.65 bits per heavy atom. The number of rotatable bonds is 6. The molecule has 2 rings (SSSR count). The minimum absolute atomic E-state index is 0.102. The molecule has 23 heavy (non-hydrogen) atoms. The zero-order valence-corrected chi connectivity index (χ0v) is 14.1. The number of amides is 1. The van der Waals surface area contributed by atoms with E-state index in [1.807, 2.05) is 25.8 Å². The average Bonchev–Trinajstić information content (AvgIpc) is 2.93. The number of hydrogen-bond acceptors (Lipinski definition) is 5.